The van der Waals surface area contributed by atoms with E-state index >= 15 is 0 Å². The Labute approximate surface area is 139 Å². The van der Waals surface area contributed by atoms with Crippen LogP contribution in [0.25, 0.3) is 0 Å². The molecule has 0 aliphatic rings. The summed E-state index contributed by atoms with van der Waals surface area (Å²) >= 11 is 5.15. The minimum Gasteiger partial charge on any atom is -0.310 e. The lowest BCUT2D eigenvalue weighted by molar-refractivity contribution is 0.299. The van der Waals surface area contributed by atoms with Gasteiger partial charge in [-0.05, 0) is 37.7 Å². The zero-order valence-electron chi connectivity index (χ0n) is 12.6. The van der Waals surface area contributed by atoms with Crippen molar-refractivity contribution in [2.75, 3.05) is 20.1 Å². The van der Waals surface area contributed by atoms with Gasteiger partial charge in [0.15, 0.2) is 0 Å². The van der Waals surface area contributed by atoms with Crippen LogP contribution < -0.4 is 5.32 Å². The normalized spacial score (nSPS) is 12.8. The molecule has 0 bridgehead atoms. The summed E-state index contributed by atoms with van der Waals surface area (Å²) in [5.41, 5.74) is 4.40. The standard InChI is InChI=1S/C16H22BrN3S/c1-3-18-16(13-4-6-14(17)7-5-13)8-9-20(2)10-15-11-21-12-19-15/h4-7,11-12,16,18H,3,8-10H2,1-2H3. The van der Waals surface area contributed by atoms with Gasteiger partial charge in [-0.3, -0.25) is 0 Å². The van der Waals surface area contributed by atoms with Crippen molar-refractivity contribution in [2.24, 2.45) is 0 Å². The van der Waals surface area contributed by atoms with Crippen LogP contribution in [0.1, 0.15) is 30.6 Å². The van der Waals surface area contributed by atoms with Crippen molar-refractivity contribution in [1.29, 1.82) is 0 Å². The van der Waals surface area contributed by atoms with Gasteiger partial charge in [0, 0.05) is 29.0 Å². The van der Waals surface area contributed by atoms with E-state index in [1.165, 1.54) is 5.56 Å². The van der Waals surface area contributed by atoms with Gasteiger partial charge >= 0.3 is 0 Å². The maximum Gasteiger partial charge on any atom is 0.0795 e. The van der Waals surface area contributed by atoms with Gasteiger partial charge in [0.05, 0.1) is 11.2 Å². The molecule has 5 heteroatoms. The first-order valence-corrected chi connectivity index (χ1v) is 8.97. The Kier molecular flexibility index (Phi) is 6.83. The first-order valence-electron chi connectivity index (χ1n) is 7.23. The van der Waals surface area contributed by atoms with Gasteiger partial charge < -0.3 is 10.2 Å². The van der Waals surface area contributed by atoms with Crippen LogP contribution in [0.3, 0.4) is 0 Å². The van der Waals surface area contributed by atoms with E-state index in [0.29, 0.717) is 6.04 Å². The average molecular weight is 368 g/mol. The van der Waals surface area contributed by atoms with Crippen molar-refractivity contribution >= 4 is 27.3 Å². The van der Waals surface area contributed by atoms with Crippen LogP contribution in [0.2, 0.25) is 0 Å². The molecular formula is C16H22BrN3S. The van der Waals surface area contributed by atoms with Crippen molar-refractivity contribution in [3.8, 4) is 0 Å². The number of aromatic nitrogens is 1. The van der Waals surface area contributed by atoms with E-state index in [4.69, 9.17) is 0 Å². The first kappa shape index (κ1) is 16.6. The van der Waals surface area contributed by atoms with Gasteiger partial charge in [0.1, 0.15) is 0 Å². The number of nitrogens with one attached hydrogen (secondary N) is 1. The molecule has 1 aromatic carbocycles. The van der Waals surface area contributed by atoms with E-state index in [-0.39, 0.29) is 0 Å². The number of thiazole rings is 1. The third-order valence-electron chi connectivity index (χ3n) is 3.44. The lowest BCUT2D eigenvalue weighted by Crippen LogP contribution is -2.27. The smallest absolute Gasteiger partial charge is 0.0795 e. The minimum absolute atomic E-state index is 0.404. The summed E-state index contributed by atoms with van der Waals surface area (Å²) in [4.78, 5) is 6.68. The largest absolute Gasteiger partial charge is 0.310 e. The maximum absolute atomic E-state index is 4.34. The summed E-state index contributed by atoms with van der Waals surface area (Å²) in [6.07, 6.45) is 1.09. The van der Waals surface area contributed by atoms with Crippen LogP contribution in [0, 0.1) is 0 Å². The Balaban J connectivity index is 1.88. The molecule has 21 heavy (non-hydrogen) atoms. The molecule has 0 aliphatic carbocycles. The molecule has 1 atom stereocenters. The second kappa shape index (κ2) is 8.63. The monoisotopic (exact) mass is 367 g/mol. The molecule has 0 amide bonds. The summed E-state index contributed by atoms with van der Waals surface area (Å²) in [5.74, 6) is 0. The number of benzene rings is 1. The lowest BCUT2D eigenvalue weighted by Gasteiger charge is -2.22. The Morgan fingerprint density at radius 3 is 2.71 bits per heavy atom. The molecule has 0 radical (unpaired) electrons. The molecule has 2 aromatic rings. The molecule has 0 spiro atoms. The minimum atomic E-state index is 0.404. The van der Waals surface area contributed by atoms with Crippen molar-refractivity contribution in [2.45, 2.75) is 25.9 Å². The molecular weight excluding hydrogens is 346 g/mol. The summed E-state index contributed by atoms with van der Waals surface area (Å²) in [7, 11) is 2.16. The molecule has 114 valence electrons. The maximum atomic E-state index is 4.34. The van der Waals surface area contributed by atoms with Crippen molar-refractivity contribution < 1.29 is 0 Å². The molecule has 0 aliphatic heterocycles. The molecule has 0 saturated carbocycles. The number of hydrogen-bond acceptors (Lipinski definition) is 4. The Morgan fingerprint density at radius 2 is 2.10 bits per heavy atom. The van der Waals surface area contributed by atoms with Gasteiger partial charge in [-0.1, -0.05) is 35.0 Å². The van der Waals surface area contributed by atoms with Crippen LogP contribution in [0.5, 0.6) is 0 Å². The SMILES string of the molecule is CCNC(CCN(C)Cc1cscn1)c1ccc(Br)cc1. The van der Waals surface area contributed by atoms with E-state index in [9.17, 15) is 0 Å². The van der Waals surface area contributed by atoms with E-state index in [1.807, 2.05) is 5.51 Å². The van der Waals surface area contributed by atoms with E-state index in [1.54, 1.807) is 11.3 Å². The quantitative estimate of drug-likeness (QED) is 0.761. The molecule has 2 rings (SSSR count). The van der Waals surface area contributed by atoms with Crippen molar-refractivity contribution in [1.82, 2.24) is 15.2 Å². The van der Waals surface area contributed by atoms with E-state index < -0.39 is 0 Å². The van der Waals surface area contributed by atoms with Crippen molar-refractivity contribution in [3.05, 3.63) is 50.9 Å². The second-order valence-corrected chi connectivity index (χ2v) is 6.80. The fourth-order valence-electron chi connectivity index (χ4n) is 2.35. The predicted octanol–water partition coefficient (Wildman–Crippen LogP) is 4.08. The fourth-order valence-corrected chi connectivity index (χ4v) is 3.16. The highest BCUT2D eigenvalue weighted by atomic mass is 79.9. The number of nitrogens with zero attached hydrogens (tertiary/aromatic N) is 2. The average Bonchev–Trinajstić information content (AvgIpc) is 2.97. The molecule has 1 heterocycles. The number of halogens is 1. The highest BCUT2D eigenvalue weighted by Gasteiger charge is 2.11. The summed E-state index contributed by atoms with van der Waals surface area (Å²) in [5, 5.41) is 5.70. The third-order valence-corrected chi connectivity index (χ3v) is 4.60. The number of hydrogen-bond donors (Lipinski definition) is 1. The molecule has 1 aromatic heterocycles. The van der Waals surface area contributed by atoms with Gasteiger partial charge in [-0.2, -0.15) is 0 Å². The highest BCUT2D eigenvalue weighted by Crippen LogP contribution is 2.20. The van der Waals surface area contributed by atoms with Gasteiger partial charge in [-0.25, -0.2) is 4.98 Å². The van der Waals surface area contributed by atoms with Crippen LogP contribution in [-0.2, 0) is 6.54 Å². The molecule has 0 fully saturated rings. The zero-order valence-corrected chi connectivity index (χ0v) is 15.0. The summed E-state index contributed by atoms with van der Waals surface area (Å²) in [6, 6.07) is 9.01. The van der Waals surface area contributed by atoms with Crippen LogP contribution in [0.15, 0.2) is 39.6 Å². The Hall–Kier alpha value is -0.750. The van der Waals surface area contributed by atoms with Crippen LogP contribution in [0.4, 0.5) is 0 Å². The second-order valence-electron chi connectivity index (χ2n) is 5.17. The summed E-state index contributed by atoms with van der Waals surface area (Å²) in [6.45, 7) is 5.11. The lowest BCUT2D eigenvalue weighted by atomic mass is 10.0. The molecule has 3 nitrogen and oxygen atoms in total. The van der Waals surface area contributed by atoms with Crippen molar-refractivity contribution in [3.63, 3.8) is 0 Å². The third kappa shape index (κ3) is 5.51. The first-order chi connectivity index (χ1) is 10.2. The van der Waals surface area contributed by atoms with Crippen LogP contribution in [-0.4, -0.2) is 30.0 Å². The number of rotatable bonds is 8. The Bertz CT molecular complexity index is 513. The zero-order chi connectivity index (χ0) is 15.1. The topological polar surface area (TPSA) is 28.2 Å². The Morgan fingerprint density at radius 1 is 1.33 bits per heavy atom. The van der Waals surface area contributed by atoms with E-state index in [2.05, 4.69) is 74.7 Å². The highest BCUT2D eigenvalue weighted by molar-refractivity contribution is 9.10. The van der Waals surface area contributed by atoms with Gasteiger partial charge in [0.2, 0.25) is 0 Å². The fraction of sp³-hybridized carbons (Fsp3) is 0.438. The molecule has 0 saturated heterocycles. The van der Waals surface area contributed by atoms with Gasteiger partial charge in [0.25, 0.3) is 0 Å². The van der Waals surface area contributed by atoms with Gasteiger partial charge in [-0.15, -0.1) is 11.3 Å². The summed E-state index contributed by atoms with van der Waals surface area (Å²) < 4.78 is 1.13. The molecule has 1 N–H and O–H groups in total. The molecule has 1 unspecified atom stereocenters. The predicted molar refractivity (Wildman–Crippen MR) is 93.6 cm³/mol. The van der Waals surface area contributed by atoms with Crippen LogP contribution >= 0.6 is 27.3 Å². The van der Waals surface area contributed by atoms with E-state index in [0.717, 1.165) is 36.2 Å².